The molecule has 0 saturated carbocycles. The van der Waals surface area contributed by atoms with E-state index in [-0.39, 0.29) is 24.3 Å². The third-order valence-corrected chi connectivity index (χ3v) is 2.75. The van der Waals surface area contributed by atoms with Gasteiger partial charge in [-0.05, 0) is 25.8 Å². The van der Waals surface area contributed by atoms with E-state index in [4.69, 9.17) is 22.1 Å². The maximum absolute atomic E-state index is 13.2. The van der Waals surface area contributed by atoms with E-state index in [1.54, 1.807) is 0 Å². The smallest absolute Gasteiger partial charge is 0.128 e. The molecular formula is C12H18Cl2FNO. The van der Waals surface area contributed by atoms with E-state index in [2.05, 4.69) is 0 Å². The van der Waals surface area contributed by atoms with E-state index >= 15 is 0 Å². The predicted molar refractivity (Wildman–Crippen MR) is 71.8 cm³/mol. The minimum Gasteiger partial charge on any atom is -0.493 e. The largest absolute Gasteiger partial charge is 0.493 e. The Balaban J connectivity index is 0.00000256. The summed E-state index contributed by atoms with van der Waals surface area (Å²) in [7, 11) is 0. The van der Waals surface area contributed by atoms with E-state index < -0.39 is 0 Å². The van der Waals surface area contributed by atoms with Gasteiger partial charge in [-0.1, -0.05) is 18.5 Å². The topological polar surface area (TPSA) is 35.2 Å². The van der Waals surface area contributed by atoms with Crippen LogP contribution < -0.4 is 10.5 Å². The maximum Gasteiger partial charge on any atom is 0.128 e. The molecule has 0 spiro atoms. The maximum atomic E-state index is 13.2. The van der Waals surface area contributed by atoms with E-state index in [0.29, 0.717) is 23.8 Å². The third-order valence-electron chi connectivity index (χ3n) is 2.41. The van der Waals surface area contributed by atoms with Gasteiger partial charge < -0.3 is 10.5 Å². The molecule has 1 aromatic carbocycles. The second-order valence-corrected chi connectivity index (χ2v) is 4.08. The highest BCUT2D eigenvalue weighted by molar-refractivity contribution is 6.31. The Kier molecular flexibility index (Phi) is 7.51. The Bertz CT molecular complexity index is 361. The van der Waals surface area contributed by atoms with Gasteiger partial charge in [-0.15, -0.1) is 12.4 Å². The van der Waals surface area contributed by atoms with Crippen molar-refractivity contribution < 1.29 is 9.13 Å². The molecule has 0 aliphatic rings. The van der Waals surface area contributed by atoms with Crippen molar-refractivity contribution in [2.24, 2.45) is 5.73 Å². The van der Waals surface area contributed by atoms with Crippen molar-refractivity contribution in [2.45, 2.75) is 32.7 Å². The SMILES string of the molecule is CCOc1cc(F)cc(Cl)c1CC(N)CC.Cl. The summed E-state index contributed by atoms with van der Waals surface area (Å²) in [5.41, 5.74) is 6.66. The lowest BCUT2D eigenvalue weighted by atomic mass is 10.0. The fraction of sp³-hybridized carbons (Fsp3) is 0.500. The normalized spacial score (nSPS) is 11.8. The second-order valence-electron chi connectivity index (χ2n) is 3.67. The summed E-state index contributed by atoms with van der Waals surface area (Å²) in [5.74, 6) is 0.110. The van der Waals surface area contributed by atoms with E-state index in [1.165, 1.54) is 12.1 Å². The Morgan fingerprint density at radius 1 is 1.41 bits per heavy atom. The van der Waals surface area contributed by atoms with Gasteiger partial charge in [-0.3, -0.25) is 0 Å². The van der Waals surface area contributed by atoms with Gasteiger partial charge in [0.2, 0.25) is 0 Å². The fourth-order valence-electron chi connectivity index (χ4n) is 1.47. The van der Waals surface area contributed by atoms with Gasteiger partial charge in [0.05, 0.1) is 11.6 Å². The molecule has 1 aromatic rings. The third kappa shape index (κ3) is 4.70. The number of halogens is 3. The molecule has 0 amide bonds. The zero-order valence-electron chi connectivity index (χ0n) is 10.0. The number of hydrogen-bond donors (Lipinski definition) is 1. The molecule has 0 aromatic heterocycles. The number of hydrogen-bond acceptors (Lipinski definition) is 2. The quantitative estimate of drug-likeness (QED) is 0.895. The first-order valence-electron chi connectivity index (χ1n) is 5.44. The summed E-state index contributed by atoms with van der Waals surface area (Å²) in [5, 5.41) is 0.382. The summed E-state index contributed by atoms with van der Waals surface area (Å²) in [6, 6.07) is 2.66. The predicted octanol–water partition coefficient (Wildman–Crippen LogP) is 3.58. The molecule has 0 fully saturated rings. The molecular weight excluding hydrogens is 264 g/mol. The van der Waals surface area contributed by atoms with Crippen molar-refractivity contribution in [1.29, 1.82) is 0 Å². The van der Waals surface area contributed by atoms with E-state index in [9.17, 15) is 4.39 Å². The number of benzene rings is 1. The van der Waals surface area contributed by atoms with Crippen LogP contribution in [-0.2, 0) is 6.42 Å². The monoisotopic (exact) mass is 281 g/mol. The van der Waals surface area contributed by atoms with Crippen molar-refractivity contribution in [3.63, 3.8) is 0 Å². The summed E-state index contributed by atoms with van der Waals surface area (Å²) in [6.07, 6.45) is 1.45. The zero-order valence-corrected chi connectivity index (χ0v) is 11.6. The van der Waals surface area contributed by atoms with Crippen LogP contribution >= 0.6 is 24.0 Å². The summed E-state index contributed by atoms with van der Waals surface area (Å²) < 4.78 is 18.5. The molecule has 1 rings (SSSR count). The van der Waals surface area contributed by atoms with Crippen LogP contribution in [0.2, 0.25) is 5.02 Å². The van der Waals surface area contributed by atoms with Crippen molar-refractivity contribution in [3.8, 4) is 5.75 Å². The van der Waals surface area contributed by atoms with Gasteiger partial charge in [0.25, 0.3) is 0 Å². The van der Waals surface area contributed by atoms with Crippen LogP contribution in [0, 0.1) is 5.82 Å². The molecule has 2 nitrogen and oxygen atoms in total. The lowest BCUT2D eigenvalue weighted by Crippen LogP contribution is -2.22. The number of nitrogens with two attached hydrogens (primary N) is 1. The molecule has 0 heterocycles. The lowest BCUT2D eigenvalue weighted by molar-refractivity contribution is 0.333. The molecule has 0 radical (unpaired) electrons. The minimum atomic E-state index is -0.387. The molecule has 98 valence electrons. The zero-order chi connectivity index (χ0) is 12.1. The average Bonchev–Trinajstić information content (AvgIpc) is 2.23. The van der Waals surface area contributed by atoms with Crippen LogP contribution in [0.1, 0.15) is 25.8 Å². The molecule has 0 bridgehead atoms. The van der Waals surface area contributed by atoms with Crippen LogP contribution in [0.5, 0.6) is 5.75 Å². The van der Waals surface area contributed by atoms with Gasteiger partial charge in [-0.2, -0.15) is 0 Å². The lowest BCUT2D eigenvalue weighted by Gasteiger charge is -2.15. The molecule has 2 N–H and O–H groups in total. The molecule has 0 aliphatic heterocycles. The Morgan fingerprint density at radius 3 is 2.59 bits per heavy atom. The molecule has 17 heavy (non-hydrogen) atoms. The van der Waals surface area contributed by atoms with Crippen LogP contribution in [0.25, 0.3) is 0 Å². The summed E-state index contributed by atoms with van der Waals surface area (Å²) in [4.78, 5) is 0. The van der Waals surface area contributed by atoms with Crippen LogP contribution in [0.15, 0.2) is 12.1 Å². The molecule has 1 unspecified atom stereocenters. The van der Waals surface area contributed by atoms with Crippen molar-refractivity contribution >= 4 is 24.0 Å². The molecule has 0 aliphatic carbocycles. The standard InChI is InChI=1S/C12H17ClFNO.ClH/c1-3-9(15)7-10-11(13)5-8(14)6-12(10)16-4-2;/h5-6,9H,3-4,7,15H2,1-2H3;1H. The van der Waals surface area contributed by atoms with Crippen molar-refractivity contribution in [1.82, 2.24) is 0 Å². The van der Waals surface area contributed by atoms with Crippen LogP contribution in [0.3, 0.4) is 0 Å². The molecule has 5 heteroatoms. The fourth-order valence-corrected chi connectivity index (χ4v) is 1.74. The summed E-state index contributed by atoms with van der Waals surface area (Å²) >= 11 is 6.00. The Morgan fingerprint density at radius 2 is 2.06 bits per heavy atom. The van der Waals surface area contributed by atoms with E-state index in [0.717, 1.165) is 12.0 Å². The van der Waals surface area contributed by atoms with Crippen LogP contribution in [0.4, 0.5) is 4.39 Å². The first-order valence-corrected chi connectivity index (χ1v) is 5.82. The highest BCUT2D eigenvalue weighted by Gasteiger charge is 2.13. The average molecular weight is 282 g/mol. The Hall–Kier alpha value is -0.510. The first kappa shape index (κ1) is 16.5. The van der Waals surface area contributed by atoms with Gasteiger partial charge in [0.15, 0.2) is 0 Å². The minimum absolute atomic E-state index is 0. The summed E-state index contributed by atoms with van der Waals surface area (Å²) in [6.45, 7) is 4.33. The Labute approximate surface area is 113 Å². The van der Waals surface area contributed by atoms with Crippen molar-refractivity contribution in [3.05, 3.63) is 28.5 Å². The van der Waals surface area contributed by atoms with Crippen molar-refractivity contribution in [2.75, 3.05) is 6.61 Å². The number of rotatable bonds is 5. The molecule has 0 saturated heterocycles. The van der Waals surface area contributed by atoms with Gasteiger partial charge in [0.1, 0.15) is 11.6 Å². The van der Waals surface area contributed by atoms with E-state index in [1.807, 2.05) is 13.8 Å². The second kappa shape index (κ2) is 7.75. The molecule has 1 atom stereocenters. The first-order chi connectivity index (χ1) is 7.58. The van der Waals surface area contributed by atoms with Gasteiger partial charge in [0, 0.05) is 17.7 Å². The number of ether oxygens (including phenoxy) is 1. The highest BCUT2D eigenvalue weighted by atomic mass is 35.5. The highest BCUT2D eigenvalue weighted by Crippen LogP contribution is 2.29. The van der Waals surface area contributed by atoms with Gasteiger partial charge in [-0.25, -0.2) is 4.39 Å². The van der Waals surface area contributed by atoms with Crippen LogP contribution in [-0.4, -0.2) is 12.6 Å². The van der Waals surface area contributed by atoms with Gasteiger partial charge >= 0.3 is 0 Å².